The molecule has 1 saturated heterocycles. The zero-order valence-corrected chi connectivity index (χ0v) is 15.8. The van der Waals surface area contributed by atoms with Gasteiger partial charge in [0.15, 0.2) is 0 Å². The van der Waals surface area contributed by atoms with Gasteiger partial charge in [0.2, 0.25) is 10.0 Å². The molecule has 3 rings (SSSR count). The molecule has 2 fully saturated rings. The third-order valence-corrected chi connectivity index (χ3v) is 7.46. The molecule has 24 heavy (non-hydrogen) atoms. The zero-order valence-electron chi connectivity index (χ0n) is 14.9. The van der Waals surface area contributed by atoms with Crippen molar-refractivity contribution < 1.29 is 8.42 Å². The summed E-state index contributed by atoms with van der Waals surface area (Å²) in [5.41, 5.74) is 1.18. The van der Waals surface area contributed by atoms with E-state index >= 15 is 0 Å². The van der Waals surface area contributed by atoms with Crippen LogP contribution in [0.1, 0.15) is 57.4 Å². The maximum Gasteiger partial charge on any atom is 0.243 e. The van der Waals surface area contributed by atoms with E-state index in [4.69, 9.17) is 0 Å². The van der Waals surface area contributed by atoms with E-state index in [9.17, 15) is 8.42 Å². The third-order valence-electron chi connectivity index (χ3n) is 5.55. The van der Waals surface area contributed by atoms with E-state index < -0.39 is 10.0 Å². The van der Waals surface area contributed by atoms with Gasteiger partial charge in [0.25, 0.3) is 0 Å². The summed E-state index contributed by atoms with van der Waals surface area (Å²) in [7, 11) is -3.35. The van der Waals surface area contributed by atoms with Crippen LogP contribution in [0.25, 0.3) is 0 Å². The molecular formula is C19H30N2O2S. The number of rotatable bonds is 4. The predicted molar refractivity (Wildman–Crippen MR) is 97.7 cm³/mol. The minimum atomic E-state index is -3.35. The number of hydrogen-bond donors (Lipinski definition) is 0. The van der Waals surface area contributed by atoms with Gasteiger partial charge in [0.05, 0.1) is 4.90 Å². The lowest BCUT2D eigenvalue weighted by molar-refractivity contribution is 0.111. The highest BCUT2D eigenvalue weighted by Crippen LogP contribution is 2.25. The van der Waals surface area contributed by atoms with Crippen LogP contribution in [0.4, 0.5) is 0 Å². The van der Waals surface area contributed by atoms with Crippen molar-refractivity contribution in [2.75, 3.05) is 26.2 Å². The Hall–Kier alpha value is -0.910. The van der Waals surface area contributed by atoms with Crippen LogP contribution in [-0.4, -0.2) is 49.8 Å². The van der Waals surface area contributed by atoms with Crippen LogP contribution in [0, 0.1) is 0 Å². The fourth-order valence-electron chi connectivity index (χ4n) is 3.93. The molecule has 0 radical (unpaired) electrons. The first kappa shape index (κ1) is 17.9. The lowest BCUT2D eigenvalue weighted by Crippen LogP contribution is -2.52. The molecule has 1 aromatic carbocycles. The molecule has 1 aromatic rings. The lowest BCUT2D eigenvalue weighted by atomic mass is 9.94. The Bertz CT molecular complexity index is 626. The average Bonchev–Trinajstić information content (AvgIpc) is 2.62. The van der Waals surface area contributed by atoms with Crippen molar-refractivity contribution in [1.82, 2.24) is 9.21 Å². The summed E-state index contributed by atoms with van der Waals surface area (Å²) in [5, 5.41) is 0. The van der Waals surface area contributed by atoms with Gasteiger partial charge in [0.1, 0.15) is 0 Å². The Morgan fingerprint density at radius 1 is 0.917 bits per heavy atom. The van der Waals surface area contributed by atoms with Crippen LogP contribution < -0.4 is 0 Å². The van der Waals surface area contributed by atoms with Crippen LogP contribution >= 0.6 is 0 Å². The van der Waals surface area contributed by atoms with E-state index in [0.29, 0.717) is 29.9 Å². The SMILES string of the molecule is CC(C)c1ccc(S(=O)(=O)N2CCN(C3CCCCC3)CC2)cc1. The minimum Gasteiger partial charge on any atom is -0.298 e. The van der Waals surface area contributed by atoms with Crippen molar-refractivity contribution in [2.45, 2.75) is 62.8 Å². The van der Waals surface area contributed by atoms with E-state index in [0.717, 1.165) is 13.1 Å². The standard InChI is InChI=1S/C19H30N2O2S/c1-16(2)17-8-10-19(11-9-17)24(22,23)21-14-12-20(13-15-21)18-6-4-3-5-7-18/h8-11,16,18H,3-7,12-15H2,1-2H3. The van der Waals surface area contributed by atoms with Crippen molar-refractivity contribution in [2.24, 2.45) is 0 Å². The third kappa shape index (κ3) is 3.84. The number of benzene rings is 1. The first-order valence-corrected chi connectivity index (χ1v) is 10.8. The van der Waals surface area contributed by atoms with Gasteiger partial charge in [0, 0.05) is 32.2 Å². The van der Waals surface area contributed by atoms with Crippen LogP contribution in [0.15, 0.2) is 29.2 Å². The van der Waals surface area contributed by atoms with Gasteiger partial charge in [-0.3, -0.25) is 4.90 Å². The van der Waals surface area contributed by atoms with Crippen molar-refractivity contribution in [3.05, 3.63) is 29.8 Å². The molecule has 0 amide bonds. The summed E-state index contributed by atoms with van der Waals surface area (Å²) in [5.74, 6) is 0.417. The van der Waals surface area contributed by atoms with E-state index in [2.05, 4.69) is 18.7 Å². The van der Waals surface area contributed by atoms with Crippen LogP contribution in [0.2, 0.25) is 0 Å². The zero-order chi connectivity index (χ0) is 17.2. The summed E-state index contributed by atoms with van der Waals surface area (Å²) >= 11 is 0. The molecule has 5 heteroatoms. The maximum absolute atomic E-state index is 12.9. The Kier molecular flexibility index (Phi) is 5.63. The first-order valence-electron chi connectivity index (χ1n) is 9.32. The van der Waals surface area contributed by atoms with Gasteiger partial charge in [-0.05, 0) is 36.5 Å². The number of nitrogens with zero attached hydrogens (tertiary/aromatic N) is 2. The molecule has 1 saturated carbocycles. The molecule has 0 N–H and O–H groups in total. The number of sulfonamides is 1. The fourth-order valence-corrected chi connectivity index (χ4v) is 5.35. The van der Waals surface area contributed by atoms with Gasteiger partial charge in [-0.25, -0.2) is 8.42 Å². The van der Waals surface area contributed by atoms with Gasteiger partial charge >= 0.3 is 0 Å². The highest BCUT2D eigenvalue weighted by molar-refractivity contribution is 7.89. The molecular weight excluding hydrogens is 320 g/mol. The number of piperazine rings is 1. The highest BCUT2D eigenvalue weighted by Gasteiger charge is 2.31. The fraction of sp³-hybridized carbons (Fsp3) is 0.684. The smallest absolute Gasteiger partial charge is 0.243 e. The molecule has 0 atom stereocenters. The first-order chi connectivity index (χ1) is 11.5. The monoisotopic (exact) mass is 350 g/mol. The topological polar surface area (TPSA) is 40.6 Å². The summed E-state index contributed by atoms with van der Waals surface area (Å²) in [6, 6.07) is 8.08. The molecule has 134 valence electrons. The molecule has 1 aliphatic carbocycles. The summed E-state index contributed by atoms with van der Waals surface area (Å²) in [4.78, 5) is 2.94. The molecule has 0 bridgehead atoms. The summed E-state index contributed by atoms with van der Waals surface area (Å²) < 4.78 is 27.4. The maximum atomic E-state index is 12.9. The second-order valence-corrected chi connectivity index (χ2v) is 9.39. The van der Waals surface area contributed by atoms with Crippen LogP contribution in [0.3, 0.4) is 0 Å². The lowest BCUT2D eigenvalue weighted by Gasteiger charge is -2.40. The largest absolute Gasteiger partial charge is 0.298 e. The van der Waals surface area contributed by atoms with Crippen molar-refractivity contribution >= 4 is 10.0 Å². The van der Waals surface area contributed by atoms with Crippen LogP contribution in [-0.2, 0) is 10.0 Å². The summed E-state index contributed by atoms with van der Waals surface area (Å²) in [6.45, 7) is 7.21. The second kappa shape index (κ2) is 7.54. The Balaban J connectivity index is 1.64. The van der Waals surface area contributed by atoms with Crippen molar-refractivity contribution in [3.8, 4) is 0 Å². The van der Waals surface area contributed by atoms with Crippen molar-refractivity contribution in [1.29, 1.82) is 0 Å². The Morgan fingerprint density at radius 3 is 2.04 bits per heavy atom. The van der Waals surface area contributed by atoms with Crippen molar-refractivity contribution in [3.63, 3.8) is 0 Å². The molecule has 0 unspecified atom stereocenters. The molecule has 2 aliphatic rings. The van der Waals surface area contributed by atoms with E-state index in [1.807, 2.05) is 12.1 Å². The Labute approximate surface area is 146 Å². The molecule has 1 heterocycles. The highest BCUT2D eigenvalue weighted by atomic mass is 32.2. The van der Waals surface area contributed by atoms with Gasteiger partial charge in [-0.2, -0.15) is 4.31 Å². The minimum absolute atomic E-state index is 0.417. The molecule has 4 nitrogen and oxygen atoms in total. The normalized spacial score (nSPS) is 22.1. The van der Waals surface area contributed by atoms with Gasteiger partial charge in [-0.15, -0.1) is 0 Å². The Morgan fingerprint density at radius 2 is 1.50 bits per heavy atom. The predicted octanol–water partition coefficient (Wildman–Crippen LogP) is 3.45. The quantitative estimate of drug-likeness (QED) is 0.835. The molecule has 0 spiro atoms. The summed E-state index contributed by atoms with van der Waals surface area (Å²) in [6.07, 6.45) is 6.57. The molecule has 0 aromatic heterocycles. The van der Waals surface area contributed by atoms with Gasteiger partial charge < -0.3 is 0 Å². The molecule has 1 aliphatic heterocycles. The van der Waals surface area contributed by atoms with E-state index in [-0.39, 0.29) is 0 Å². The number of hydrogen-bond acceptors (Lipinski definition) is 3. The second-order valence-electron chi connectivity index (χ2n) is 7.46. The van der Waals surface area contributed by atoms with Crippen LogP contribution in [0.5, 0.6) is 0 Å². The van der Waals surface area contributed by atoms with E-state index in [1.54, 1.807) is 16.4 Å². The van der Waals surface area contributed by atoms with E-state index in [1.165, 1.54) is 37.7 Å². The van der Waals surface area contributed by atoms with Gasteiger partial charge in [-0.1, -0.05) is 45.2 Å². The average molecular weight is 351 g/mol.